The van der Waals surface area contributed by atoms with Crippen LogP contribution in [0.4, 0.5) is 17.1 Å². The number of thiocarbonyl (C=S) groups is 1. The van der Waals surface area contributed by atoms with Crippen LogP contribution in [0, 0.1) is 11.8 Å². The number of anilines is 3. The number of ketones is 2. The second kappa shape index (κ2) is 10.4. The van der Waals surface area contributed by atoms with Crippen LogP contribution in [0.15, 0.2) is 65.4 Å². The molecule has 3 aliphatic rings. The normalized spacial score (nSPS) is 22.7. The number of fused-ring (bicyclic) bond motifs is 4. The number of nitrogens with one attached hydrogen (secondary N) is 2. The Morgan fingerprint density at radius 1 is 1.02 bits per heavy atom. The number of phenolic OH excluding ortho intramolecular Hbond substituents is 1. The van der Waals surface area contributed by atoms with Gasteiger partial charge in [0.2, 0.25) is 5.78 Å². The van der Waals surface area contributed by atoms with Crippen LogP contribution in [0.3, 0.4) is 0 Å². The predicted octanol–water partition coefficient (Wildman–Crippen LogP) is 3.45. The molecule has 0 bridgehead atoms. The van der Waals surface area contributed by atoms with E-state index in [9.17, 15) is 34.8 Å². The first-order valence-electron chi connectivity index (χ1n) is 13.9. The molecule has 1 amide bonds. The van der Waals surface area contributed by atoms with Crippen molar-refractivity contribution in [3.63, 3.8) is 0 Å². The minimum absolute atomic E-state index is 0.0289. The fourth-order valence-electron chi connectivity index (χ4n) is 6.77. The molecule has 3 aromatic rings. The Balaban J connectivity index is 1.42. The molecule has 0 radical (unpaired) electrons. The van der Waals surface area contributed by atoms with E-state index in [1.807, 2.05) is 42.5 Å². The molecule has 8 N–H and O–H groups in total. The van der Waals surface area contributed by atoms with Crippen molar-refractivity contribution in [3.05, 3.63) is 76.6 Å². The zero-order valence-electron chi connectivity index (χ0n) is 23.8. The zero-order valence-corrected chi connectivity index (χ0v) is 24.7. The van der Waals surface area contributed by atoms with E-state index in [2.05, 4.69) is 10.6 Å². The third kappa shape index (κ3) is 4.28. The largest absolute Gasteiger partial charge is 0.508 e. The molecule has 11 nitrogen and oxygen atoms in total. The Morgan fingerprint density at radius 3 is 2.41 bits per heavy atom. The van der Waals surface area contributed by atoms with Crippen LogP contribution >= 0.6 is 12.2 Å². The van der Waals surface area contributed by atoms with E-state index < -0.39 is 52.0 Å². The van der Waals surface area contributed by atoms with Crippen molar-refractivity contribution in [2.75, 3.05) is 29.6 Å². The van der Waals surface area contributed by atoms with Gasteiger partial charge in [0, 0.05) is 48.8 Å². The number of primary amides is 1. The van der Waals surface area contributed by atoms with Crippen molar-refractivity contribution in [1.82, 2.24) is 0 Å². The minimum Gasteiger partial charge on any atom is -0.508 e. The summed E-state index contributed by atoms with van der Waals surface area (Å²) in [6.45, 7) is 0. The predicted molar refractivity (Wildman–Crippen MR) is 170 cm³/mol. The van der Waals surface area contributed by atoms with Gasteiger partial charge in [0.05, 0.1) is 11.3 Å². The molecule has 6 rings (SSSR count). The van der Waals surface area contributed by atoms with Gasteiger partial charge >= 0.3 is 0 Å². The summed E-state index contributed by atoms with van der Waals surface area (Å²) in [6, 6.07) is 15.2. The maximum absolute atomic E-state index is 13.9. The highest BCUT2D eigenvalue weighted by Crippen LogP contribution is 2.54. The molecule has 0 spiro atoms. The van der Waals surface area contributed by atoms with Gasteiger partial charge in [0.25, 0.3) is 5.91 Å². The molecule has 12 heteroatoms. The number of aliphatic hydroxyl groups is 3. The van der Waals surface area contributed by atoms with Gasteiger partial charge in [-0.15, -0.1) is 0 Å². The van der Waals surface area contributed by atoms with E-state index in [1.54, 1.807) is 25.1 Å². The van der Waals surface area contributed by atoms with E-state index in [-0.39, 0.29) is 46.9 Å². The minimum atomic E-state index is -2.63. The number of hydrogen-bond donors (Lipinski definition) is 7. The summed E-state index contributed by atoms with van der Waals surface area (Å²) in [7, 11) is 3.58. The number of phenols is 1. The molecule has 3 aliphatic carbocycles. The van der Waals surface area contributed by atoms with Gasteiger partial charge in [-0.25, -0.2) is 0 Å². The fraction of sp³-hybridized carbons (Fsp3) is 0.250. The van der Waals surface area contributed by atoms with Gasteiger partial charge in [-0.1, -0.05) is 36.4 Å². The maximum Gasteiger partial charge on any atom is 0.255 e. The molecule has 3 atom stereocenters. The van der Waals surface area contributed by atoms with E-state index in [0.717, 1.165) is 16.5 Å². The number of carbonyl (C=O) groups excluding carboxylic acids is 3. The topological polar surface area (TPSA) is 185 Å². The summed E-state index contributed by atoms with van der Waals surface area (Å²) < 4.78 is 0. The quantitative estimate of drug-likeness (QED) is 0.130. The monoisotopic (exact) mass is 614 g/mol. The number of nitrogens with zero attached hydrogens (tertiary/aromatic N) is 1. The fourth-order valence-corrected chi connectivity index (χ4v) is 6.99. The Labute approximate surface area is 257 Å². The second-order valence-corrected chi connectivity index (χ2v) is 12.0. The average molecular weight is 615 g/mol. The molecular formula is C32H30N4O7S. The van der Waals surface area contributed by atoms with E-state index in [1.165, 1.54) is 0 Å². The first-order valence-corrected chi connectivity index (χ1v) is 14.3. The van der Waals surface area contributed by atoms with Gasteiger partial charge in [-0.3, -0.25) is 14.4 Å². The van der Waals surface area contributed by atoms with E-state index in [4.69, 9.17) is 18.0 Å². The van der Waals surface area contributed by atoms with Crippen molar-refractivity contribution in [2.45, 2.75) is 24.9 Å². The van der Waals surface area contributed by atoms with Crippen LogP contribution in [-0.2, 0) is 20.8 Å². The smallest absolute Gasteiger partial charge is 0.255 e. The number of carbonyl (C=O) groups is 3. The molecule has 44 heavy (non-hydrogen) atoms. The van der Waals surface area contributed by atoms with E-state index >= 15 is 0 Å². The number of Topliss-reactive ketones (excluding diaryl/α,β-unsaturated/α-hetero) is 2. The number of amides is 1. The van der Waals surface area contributed by atoms with Crippen LogP contribution in [0.25, 0.3) is 16.5 Å². The van der Waals surface area contributed by atoms with Gasteiger partial charge in [0.15, 0.2) is 16.5 Å². The Hall–Kier alpha value is -4.94. The third-order valence-corrected chi connectivity index (χ3v) is 9.01. The molecule has 226 valence electrons. The molecule has 0 aliphatic heterocycles. The highest BCUT2D eigenvalue weighted by Gasteiger charge is 2.60. The Bertz CT molecular complexity index is 1880. The molecule has 3 unspecified atom stereocenters. The zero-order chi connectivity index (χ0) is 31.7. The van der Waals surface area contributed by atoms with Gasteiger partial charge in [-0.05, 0) is 54.1 Å². The molecule has 0 saturated heterocycles. The molecule has 1 fully saturated rings. The van der Waals surface area contributed by atoms with Crippen molar-refractivity contribution < 1.29 is 34.8 Å². The van der Waals surface area contributed by atoms with Gasteiger partial charge in [0.1, 0.15) is 22.8 Å². The molecule has 0 aromatic heterocycles. The first kappa shape index (κ1) is 29.1. The number of rotatable bonds is 4. The van der Waals surface area contributed by atoms with Crippen molar-refractivity contribution >= 4 is 68.4 Å². The highest BCUT2D eigenvalue weighted by atomic mass is 32.1. The summed E-state index contributed by atoms with van der Waals surface area (Å²) in [4.78, 5) is 40.2. The molecule has 0 heterocycles. The summed E-state index contributed by atoms with van der Waals surface area (Å²) in [5.74, 6) is -6.82. The number of aliphatic hydroxyl groups excluding tert-OH is 2. The van der Waals surface area contributed by atoms with Crippen LogP contribution < -0.4 is 21.3 Å². The lowest BCUT2D eigenvalue weighted by Gasteiger charge is -2.46. The van der Waals surface area contributed by atoms with Crippen LogP contribution in [0.5, 0.6) is 5.75 Å². The third-order valence-electron chi connectivity index (χ3n) is 8.81. The first-order chi connectivity index (χ1) is 20.8. The maximum atomic E-state index is 13.9. The van der Waals surface area contributed by atoms with Crippen molar-refractivity contribution in [1.29, 1.82) is 0 Å². The standard InChI is InChI=1S/C32H30N4O7S/c1-36(2)21-13-20(35-31(44)34-19-9-5-7-14-6-3-4-8-17(14)19)26(38)24-18(21)11-15-10-16-12-22(37)25(30(33)42)29(41)32(16,43)28(40)23(15)27(24)39/h3-9,13,15-16,38-39,41,43H,10-12H2,1-2H3,(H2,33,42)(H2,34,35,44). The van der Waals surface area contributed by atoms with Crippen LogP contribution in [0.2, 0.25) is 0 Å². The lowest BCUT2D eigenvalue weighted by molar-refractivity contribution is -0.147. The van der Waals surface area contributed by atoms with Crippen LogP contribution in [0.1, 0.15) is 24.0 Å². The summed E-state index contributed by atoms with van der Waals surface area (Å²) in [6.07, 6.45) is -0.137. The summed E-state index contributed by atoms with van der Waals surface area (Å²) >= 11 is 5.57. The van der Waals surface area contributed by atoms with E-state index in [0.29, 0.717) is 11.3 Å². The Kier molecular flexibility index (Phi) is 6.86. The van der Waals surface area contributed by atoms with Gasteiger partial charge in [-0.2, -0.15) is 0 Å². The van der Waals surface area contributed by atoms with Crippen molar-refractivity contribution in [2.24, 2.45) is 17.6 Å². The SMILES string of the molecule is CN(C)c1cc(NC(=S)Nc2cccc3ccccc23)c(O)c2c1CC1CC3CC(=O)C(C(N)=O)=C(O)C3(O)C(=O)C1=C2O. The molecule has 3 aromatic carbocycles. The number of hydrogen-bond acceptors (Lipinski definition) is 9. The van der Waals surface area contributed by atoms with Gasteiger partial charge < -0.3 is 41.7 Å². The average Bonchev–Trinajstić information content (AvgIpc) is 2.96. The number of nitrogens with two attached hydrogens (primary N) is 1. The van der Waals surface area contributed by atoms with Crippen LogP contribution in [-0.4, -0.2) is 62.7 Å². The Morgan fingerprint density at radius 2 is 1.70 bits per heavy atom. The highest BCUT2D eigenvalue weighted by molar-refractivity contribution is 7.80. The lowest BCUT2D eigenvalue weighted by Crippen LogP contribution is -2.58. The summed E-state index contributed by atoms with van der Waals surface area (Å²) in [5, 5.41) is 53.6. The summed E-state index contributed by atoms with van der Waals surface area (Å²) in [5.41, 5.74) is 3.64. The number of aromatic hydroxyl groups is 1. The second-order valence-electron chi connectivity index (χ2n) is 11.6. The van der Waals surface area contributed by atoms with Crippen molar-refractivity contribution in [3.8, 4) is 5.75 Å². The molecular weight excluding hydrogens is 584 g/mol. The number of benzene rings is 3. The molecule has 1 saturated carbocycles. The lowest BCUT2D eigenvalue weighted by atomic mass is 9.59.